The summed E-state index contributed by atoms with van der Waals surface area (Å²) < 4.78 is 0. The topological polar surface area (TPSA) is 12.0 Å². The van der Waals surface area contributed by atoms with Crippen LogP contribution in [0, 0.1) is 0 Å². The SMILES string of the molecule is CC=C1CCC(NC2CCCCC2)CC1. The third kappa shape index (κ3) is 3.34. The predicted molar refractivity (Wildman–Crippen MR) is 66.0 cm³/mol. The van der Waals surface area contributed by atoms with Crippen molar-refractivity contribution in [3.8, 4) is 0 Å². The van der Waals surface area contributed by atoms with Gasteiger partial charge in [0.2, 0.25) is 0 Å². The monoisotopic (exact) mass is 207 g/mol. The summed E-state index contributed by atoms with van der Waals surface area (Å²) in [4.78, 5) is 0. The Bertz CT molecular complexity index is 203. The highest BCUT2D eigenvalue weighted by Crippen LogP contribution is 2.25. The van der Waals surface area contributed by atoms with Crippen molar-refractivity contribution in [2.24, 2.45) is 0 Å². The van der Waals surface area contributed by atoms with Crippen LogP contribution in [-0.2, 0) is 0 Å². The molecule has 0 aromatic rings. The minimum absolute atomic E-state index is 0.816. The van der Waals surface area contributed by atoms with Gasteiger partial charge >= 0.3 is 0 Å². The highest BCUT2D eigenvalue weighted by atomic mass is 14.9. The average Bonchev–Trinajstić information content (AvgIpc) is 2.31. The molecule has 86 valence electrons. The molecule has 0 amide bonds. The Morgan fingerprint density at radius 2 is 1.53 bits per heavy atom. The summed E-state index contributed by atoms with van der Waals surface area (Å²) in [6.45, 7) is 2.18. The average molecular weight is 207 g/mol. The van der Waals surface area contributed by atoms with Crippen LogP contribution in [-0.4, -0.2) is 12.1 Å². The minimum Gasteiger partial charge on any atom is -0.311 e. The van der Waals surface area contributed by atoms with Crippen molar-refractivity contribution in [3.05, 3.63) is 11.6 Å². The molecule has 0 aromatic heterocycles. The second-order valence-corrected chi connectivity index (χ2v) is 5.22. The maximum absolute atomic E-state index is 3.88. The summed E-state index contributed by atoms with van der Waals surface area (Å²) in [7, 11) is 0. The summed E-state index contributed by atoms with van der Waals surface area (Å²) >= 11 is 0. The number of allylic oxidation sites excluding steroid dienone is 2. The Hall–Kier alpha value is -0.300. The Morgan fingerprint density at radius 1 is 0.933 bits per heavy atom. The number of rotatable bonds is 2. The third-order valence-corrected chi connectivity index (χ3v) is 4.11. The molecule has 2 aliphatic carbocycles. The van der Waals surface area contributed by atoms with Crippen LogP contribution < -0.4 is 5.32 Å². The Balaban J connectivity index is 1.71. The molecule has 0 atom stereocenters. The summed E-state index contributed by atoms with van der Waals surface area (Å²) in [6.07, 6.45) is 14.9. The molecule has 0 radical (unpaired) electrons. The quantitative estimate of drug-likeness (QED) is 0.679. The fraction of sp³-hybridized carbons (Fsp3) is 0.857. The Morgan fingerprint density at radius 3 is 2.13 bits per heavy atom. The molecule has 0 aromatic carbocycles. The van der Waals surface area contributed by atoms with E-state index in [1.165, 1.54) is 57.8 Å². The molecule has 15 heavy (non-hydrogen) atoms. The first kappa shape index (κ1) is 11.2. The van der Waals surface area contributed by atoms with Crippen LogP contribution in [0.3, 0.4) is 0 Å². The molecule has 2 rings (SSSR count). The van der Waals surface area contributed by atoms with Crippen molar-refractivity contribution < 1.29 is 0 Å². The van der Waals surface area contributed by atoms with Gasteiger partial charge in [-0.1, -0.05) is 30.9 Å². The van der Waals surface area contributed by atoms with Gasteiger partial charge in [0.25, 0.3) is 0 Å². The van der Waals surface area contributed by atoms with Crippen LogP contribution in [0.2, 0.25) is 0 Å². The zero-order valence-corrected chi connectivity index (χ0v) is 10.1. The first-order chi connectivity index (χ1) is 7.38. The number of hydrogen-bond acceptors (Lipinski definition) is 1. The molecule has 2 fully saturated rings. The number of hydrogen-bond donors (Lipinski definition) is 1. The predicted octanol–water partition coefficient (Wildman–Crippen LogP) is 3.80. The van der Waals surface area contributed by atoms with Gasteiger partial charge in [-0.2, -0.15) is 0 Å². The molecule has 0 unspecified atom stereocenters. The van der Waals surface area contributed by atoms with Crippen LogP contribution in [0.4, 0.5) is 0 Å². The van der Waals surface area contributed by atoms with Crippen molar-refractivity contribution in [2.45, 2.75) is 76.8 Å². The highest BCUT2D eigenvalue weighted by molar-refractivity contribution is 5.05. The van der Waals surface area contributed by atoms with Gasteiger partial charge in [0.05, 0.1) is 0 Å². The summed E-state index contributed by atoms with van der Waals surface area (Å²) in [5, 5.41) is 3.88. The first-order valence-corrected chi connectivity index (χ1v) is 6.78. The minimum atomic E-state index is 0.816. The van der Waals surface area contributed by atoms with Crippen molar-refractivity contribution in [1.29, 1.82) is 0 Å². The normalized spacial score (nSPS) is 29.1. The molecule has 0 heterocycles. The largest absolute Gasteiger partial charge is 0.311 e. The van der Waals surface area contributed by atoms with E-state index in [-0.39, 0.29) is 0 Å². The second-order valence-electron chi connectivity index (χ2n) is 5.22. The van der Waals surface area contributed by atoms with Crippen LogP contribution >= 0.6 is 0 Å². The van der Waals surface area contributed by atoms with Crippen molar-refractivity contribution in [1.82, 2.24) is 5.32 Å². The second kappa shape index (κ2) is 5.69. The molecule has 0 saturated heterocycles. The first-order valence-electron chi connectivity index (χ1n) is 6.78. The van der Waals surface area contributed by atoms with Gasteiger partial charge in [-0.15, -0.1) is 0 Å². The lowest BCUT2D eigenvalue weighted by Crippen LogP contribution is -2.40. The van der Waals surface area contributed by atoms with Crippen LogP contribution in [0.15, 0.2) is 11.6 Å². The van der Waals surface area contributed by atoms with E-state index >= 15 is 0 Å². The van der Waals surface area contributed by atoms with Crippen molar-refractivity contribution in [3.63, 3.8) is 0 Å². The maximum Gasteiger partial charge on any atom is 0.00757 e. The van der Waals surface area contributed by atoms with Gasteiger partial charge in [-0.3, -0.25) is 0 Å². The fourth-order valence-corrected chi connectivity index (χ4v) is 3.05. The van der Waals surface area contributed by atoms with E-state index in [0.29, 0.717) is 0 Å². The van der Waals surface area contributed by atoms with Crippen molar-refractivity contribution >= 4 is 0 Å². The molecule has 0 spiro atoms. The number of nitrogens with one attached hydrogen (secondary N) is 1. The molecule has 1 heteroatoms. The zero-order valence-electron chi connectivity index (χ0n) is 10.1. The lowest BCUT2D eigenvalue weighted by atomic mass is 9.88. The summed E-state index contributed by atoms with van der Waals surface area (Å²) in [5.74, 6) is 0. The van der Waals surface area contributed by atoms with Gasteiger partial charge in [0.1, 0.15) is 0 Å². The molecule has 1 N–H and O–H groups in total. The smallest absolute Gasteiger partial charge is 0.00757 e. The van der Waals surface area contributed by atoms with E-state index in [4.69, 9.17) is 0 Å². The lowest BCUT2D eigenvalue weighted by molar-refractivity contribution is 0.307. The van der Waals surface area contributed by atoms with E-state index in [1.807, 2.05) is 0 Å². The van der Waals surface area contributed by atoms with Gasteiger partial charge in [-0.05, 0) is 45.4 Å². The molecule has 2 aliphatic rings. The van der Waals surface area contributed by atoms with E-state index in [9.17, 15) is 0 Å². The van der Waals surface area contributed by atoms with E-state index < -0.39 is 0 Å². The summed E-state index contributed by atoms with van der Waals surface area (Å²) in [5.41, 5.74) is 1.68. The fourth-order valence-electron chi connectivity index (χ4n) is 3.05. The van der Waals surface area contributed by atoms with Crippen LogP contribution in [0.5, 0.6) is 0 Å². The van der Waals surface area contributed by atoms with Crippen LogP contribution in [0.25, 0.3) is 0 Å². The lowest BCUT2D eigenvalue weighted by Gasteiger charge is -2.31. The molecule has 0 bridgehead atoms. The van der Waals surface area contributed by atoms with Gasteiger partial charge < -0.3 is 5.32 Å². The molecule has 0 aliphatic heterocycles. The van der Waals surface area contributed by atoms with E-state index in [2.05, 4.69) is 18.3 Å². The van der Waals surface area contributed by atoms with Gasteiger partial charge in [0, 0.05) is 12.1 Å². The van der Waals surface area contributed by atoms with Crippen molar-refractivity contribution in [2.75, 3.05) is 0 Å². The standard InChI is InChI=1S/C14H25N/c1-2-12-8-10-14(11-9-12)15-13-6-4-3-5-7-13/h2,13-15H,3-11H2,1H3. The van der Waals surface area contributed by atoms with E-state index in [0.717, 1.165) is 12.1 Å². The van der Waals surface area contributed by atoms with Gasteiger partial charge in [0.15, 0.2) is 0 Å². The van der Waals surface area contributed by atoms with E-state index in [1.54, 1.807) is 5.57 Å². The zero-order chi connectivity index (χ0) is 10.5. The summed E-state index contributed by atoms with van der Waals surface area (Å²) in [6, 6.07) is 1.66. The maximum atomic E-state index is 3.88. The highest BCUT2D eigenvalue weighted by Gasteiger charge is 2.20. The molecular formula is C14H25N. The van der Waals surface area contributed by atoms with Gasteiger partial charge in [-0.25, -0.2) is 0 Å². The third-order valence-electron chi connectivity index (χ3n) is 4.11. The van der Waals surface area contributed by atoms with Crippen LogP contribution in [0.1, 0.15) is 64.7 Å². The molecule has 2 saturated carbocycles. The Kier molecular flexibility index (Phi) is 4.25. The Labute approximate surface area is 94.3 Å². The molecular weight excluding hydrogens is 182 g/mol. The molecule has 1 nitrogen and oxygen atoms in total.